The lowest BCUT2D eigenvalue weighted by atomic mass is 10.2. The van der Waals surface area contributed by atoms with Crippen LogP contribution in [0.1, 0.15) is 21.7 Å². The molecule has 5 nitrogen and oxygen atoms in total. The van der Waals surface area contributed by atoms with Gasteiger partial charge in [-0.1, -0.05) is 0 Å². The minimum atomic E-state index is -0.553. The molecule has 0 aliphatic rings. The number of hydrogen-bond acceptors (Lipinski definition) is 4. The molecule has 0 fully saturated rings. The molecule has 0 radical (unpaired) electrons. The third-order valence-corrected chi connectivity index (χ3v) is 2.55. The molecule has 0 atom stereocenters. The van der Waals surface area contributed by atoms with Gasteiger partial charge in [-0.3, -0.25) is 0 Å². The van der Waals surface area contributed by atoms with E-state index in [1.54, 1.807) is 13.0 Å². The van der Waals surface area contributed by atoms with Gasteiger partial charge in [0, 0.05) is 11.4 Å². The summed E-state index contributed by atoms with van der Waals surface area (Å²) in [4.78, 5) is 22.2. The Hall–Kier alpha value is -1.95. The molecule has 2 rings (SSSR count). The van der Waals surface area contributed by atoms with E-state index in [0.29, 0.717) is 5.56 Å². The highest BCUT2D eigenvalue weighted by molar-refractivity contribution is 7.47. The van der Waals surface area contributed by atoms with Crippen LogP contribution in [0.4, 0.5) is 0 Å². The second-order valence-corrected chi connectivity index (χ2v) is 3.88. The van der Waals surface area contributed by atoms with Crippen LogP contribution in [0.25, 0.3) is 11.4 Å². The molecule has 6 heteroatoms. The maximum absolute atomic E-state index is 11.5. The first-order chi connectivity index (χ1) is 8.11. The van der Waals surface area contributed by atoms with Crippen molar-refractivity contribution in [1.82, 2.24) is 9.97 Å². The summed E-state index contributed by atoms with van der Waals surface area (Å²) in [6.45, 7) is 3.75. The van der Waals surface area contributed by atoms with Crippen LogP contribution in [-0.4, -0.2) is 15.9 Å². The van der Waals surface area contributed by atoms with E-state index in [1.807, 2.05) is 19.1 Å². The van der Waals surface area contributed by atoms with E-state index >= 15 is 0 Å². The van der Waals surface area contributed by atoms with E-state index in [9.17, 15) is 4.79 Å². The van der Waals surface area contributed by atoms with Crippen molar-refractivity contribution in [1.29, 1.82) is 0 Å². The van der Waals surface area contributed by atoms with Crippen LogP contribution in [0.2, 0.25) is 0 Å². The van der Waals surface area contributed by atoms with Crippen LogP contribution in [0, 0.1) is 13.8 Å². The first-order valence-corrected chi connectivity index (χ1v) is 5.38. The van der Waals surface area contributed by atoms with E-state index in [0.717, 1.165) is 22.8 Å². The van der Waals surface area contributed by atoms with Gasteiger partial charge in [-0.15, -0.1) is 0 Å². The first-order valence-electron chi connectivity index (χ1n) is 5.01. The van der Waals surface area contributed by atoms with E-state index < -0.39 is 5.97 Å². The molecular weight excluding hydrogens is 238 g/mol. The quantitative estimate of drug-likeness (QED) is 0.821. The highest BCUT2D eigenvalue weighted by Gasteiger charge is 2.15. The number of nitrogens with one attached hydrogen (secondary N) is 2. The minimum Gasteiger partial charge on any atom is -0.357 e. The number of carbonyl (C=O) groups is 1. The molecule has 0 bridgehead atoms. The first kappa shape index (κ1) is 11.5. The maximum atomic E-state index is 11.5. The molecule has 2 aromatic rings. The number of hydrogen-bond donors (Lipinski definition) is 2. The van der Waals surface area contributed by atoms with E-state index in [2.05, 4.69) is 31.8 Å². The van der Waals surface area contributed by atoms with E-state index in [4.69, 9.17) is 0 Å². The lowest BCUT2D eigenvalue weighted by molar-refractivity contribution is 0.0528. The van der Waals surface area contributed by atoms with Crippen molar-refractivity contribution in [3.05, 3.63) is 35.2 Å². The van der Waals surface area contributed by atoms with Crippen molar-refractivity contribution < 1.29 is 9.63 Å². The molecule has 0 amide bonds. The zero-order chi connectivity index (χ0) is 12.4. The van der Waals surface area contributed by atoms with E-state index in [1.165, 1.54) is 0 Å². The molecule has 17 heavy (non-hydrogen) atoms. The summed E-state index contributed by atoms with van der Waals surface area (Å²) in [6.07, 6.45) is 0. The molecule has 0 aliphatic heterocycles. The Morgan fingerprint density at radius 3 is 2.65 bits per heavy atom. The van der Waals surface area contributed by atoms with Crippen molar-refractivity contribution in [2.24, 2.45) is 4.53 Å². The Bertz CT molecular complexity index is 571. The topological polar surface area (TPSA) is 70.2 Å². The number of H-pyrrole nitrogens is 2. The van der Waals surface area contributed by atoms with Gasteiger partial charge in [0.05, 0.1) is 29.4 Å². The van der Waals surface area contributed by atoms with Crippen LogP contribution >= 0.6 is 0 Å². The summed E-state index contributed by atoms with van der Waals surface area (Å²) in [5, 5.41) is 0. The zero-order valence-electron chi connectivity index (χ0n) is 9.40. The van der Waals surface area contributed by atoms with E-state index in [-0.39, 0.29) is 0 Å². The molecule has 0 aliphatic carbocycles. The van der Waals surface area contributed by atoms with Gasteiger partial charge >= 0.3 is 5.97 Å². The molecule has 88 valence electrons. The van der Waals surface area contributed by atoms with Gasteiger partial charge in [-0.25, -0.2) is 4.79 Å². The summed E-state index contributed by atoms with van der Waals surface area (Å²) < 4.78 is 2.95. The Morgan fingerprint density at radius 1 is 1.29 bits per heavy atom. The predicted molar refractivity (Wildman–Crippen MR) is 65.3 cm³/mol. The van der Waals surface area contributed by atoms with Gasteiger partial charge in [0.2, 0.25) is 0 Å². The standard InChI is InChI=1S/C11H11N3O2S/c1-6-3-4-9(12-6)10-5-8(7(2)13-10)11(15)16-14-17/h3-5,12-13H,1-2H3. The number of aryl methyl sites for hydroxylation is 2. The van der Waals surface area contributed by atoms with Gasteiger partial charge in [0.15, 0.2) is 0 Å². The van der Waals surface area contributed by atoms with Crippen molar-refractivity contribution >= 4 is 18.4 Å². The molecule has 2 aromatic heterocycles. The number of aromatic amines is 2. The molecule has 0 aromatic carbocycles. The van der Waals surface area contributed by atoms with Gasteiger partial charge in [0.25, 0.3) is 0 Å². The SMILES string of the molecule is Cc1ccc(-c2cc(C(=O)ON=S)c(C)[nH]2)[nH]1. The smallest absolute Gasteiger partial charge is 0.357 e. The third kappa shape index (κ3) is 2.26. The largest absolute Gasteiger partial charge is 0.368 e. The highest BCUT2D eigenvalue weighted by Crippen LogP contribution is 2.21. The second kappa shape index (κ2) is 4.50. The van der Waals surface area contributed by atoms with Crippen molar-refractivity contribution in [2.75, 3.05) is 0 Å². The monoisotopic (exact) mass is 249 g/mol. The lowest BCUT2D eigenvalue weighted by Gasteiger charge is -1.92. The molecule has 0 unspecified atom stereocenters. The third-order valence-electron chi connectivity index (χ3n) is 2.48. The van der Waals surface area contributed by atoms with Crippen LogP contribution in [0.15, 0.2) is 22.7 Å². The Kier molecular flexibility index (Phi) is 3.06. The zero-order valence-corrected chi connectivity index (χ0v) is 10.2. The Morgan fingerprint density at radius 2 is 2.06 bits per heavy atom. The maximum Gasteiger partial charge on any atom is 0.368 e. The van der Waals surface area contributed by atoms with Gasteiger partial charge < -0.3 is 14.8 Å². The van der Waals surface area contributed by atoms with Gasteiger partial charge in [-0.05, 0) is 36.6 Å². The molecule has 0 spiro atoms. The van der Waals surface area contributed by atoms with Crippen LogP contribution in [0.3, 0.4) is 0 Å². The summed E-state index contributed by atoms with van der Waals surface area (Å²) in [7, 11) is 0. The highest BCUT2D eigenvalue weighted by atomic mass is 32.1. The lowest BCUT2D eigenvalue weighted by Crippen LogP contribution is -2.00. The predicted octanol–water partition coefficient (Wildman–Crippen LogP) is 2.43. The number of rotatable bonds is 3. The molecule has 0 saturated carbocycles. The Balaban J connectivity index is 2.36. The Labute approximate surface area is 103 Å². The number of carbonyl (C=O) groups excluding carboxylic acids is 1. The number of nitrogens with zero attached hydrogens (tertiary/aromatic N) is 1. The minimum absolute atomic E-state index is 0.431. The van der Waals surface area contributed by atoms with Crippen LogP contribution in [-0.2, 0) is 17.3 Å². The van der Waals surface area contributed by atoms with Crippen molar-refractivity contribution in [2.45, 2.75) is 13.8 Å². The molecule has 2 heterocycles. The summed E-state index contributed by atoms with van der Waals surface area (Å²) in [6, 6.07) is 5.61. The fourth-order valence-corrected chi connectivity index (χ4v) is 1.73. The number of aromatic nitrogens is 2. The average Bonchev–Trinajstić information content (AvgIpc) is 2.85. The summed E-state index contributed by atoms with van der Waals surface area (Å²) >= 11 is 4.24. The van der Waals surface area contributed by atoms with Crippen LogP contribution in [0.5, 0.6) is 0 Å². The van der Waals surface area contributed by atoms with Gasteiger partial charge in [0.1, 0.15) is 0 Å². The second-order valence-electron chi connectivity index (χ2n) is 3.73. The van der Waals surface area contributed by atoms with Crippen molar-refractivity contribution in [3.63, 3.8) is 0 Å². The van der Waals surface area contributed by atoms with Crippen molar-refractivity contribution in [3.8, 4) is 11.4 Å². The average molecular weight is 249 g/mol. The molecule has 0 saturated heterocycles. The van der Waals surface area contributed by atoms with Crippen LogP contribution < -0.4 is 0 Å². The summed E-state index contributed by atoms with van der Waals surface area (Å²) in [5.74, 6) is -0.553. The van der Waals surface area contributed by atoms with Gasteiger partial charge in [-0.2, -0.15) is 0 Å². The fraction of sp³-hybridized carbons (Fsp3) is 0.182. The summed E-state index contributed by atoms with van der Waals surface area (Å²) in [5.41, 5.74) is 3.94. The normalized spacial score (nSPS) is 10.2. The molecular formula is C11H11N3O2S. The molecule has 2 N–H and O–H groups in total. The fourth-order valence-electron chi connectivity index (χ4n) is 1.66.